The lowest BCUT2D eigenvalue weighted by atomic mass is 9.87. The van der Waals surface area contributed by atoms with Gasteiger partial charge in [-0.05, 0) is 62.8 Å². The highest BCUT2D eigenvalue weighted by atomic mass is 16.5. The molecular formula is C23H33N3O3. The number of amides is 2. The number of carbonyl (C=O) groups is 2. The molecule has 2 amide bonds. The molecule has 3 fully saturated rings. The Morgan fingerprint density at radius 2 is 1.76 bits per heavy atom. The third kappa shape index (κ3) is 4.42. The first-order valence-electron chi connectivity index (χ1n) is 11.0. The predicted molar refractivity (Wildman–Crippen MR) is 112 cm³/mol. The van der Waals surface area contributed by atoms with Crippen molar-refractivity contribution < 1.29 is 14.3 Å². The first-order chi connectivity index (χ1) is 14.1. The van der Waals surface area contributed by atoms with E-state index < -0.39 is 0 Å². The van der Waals surface area contributed by atoms with Crippen LogP contribution in [0.2, 0.25) is 0 Å². The molecule has 3 aliphatic rings. The van der Waals surface area contributed by atoms with E-state index >= 15 is 0 Å². The maximum Gasteiger partial charge on any atom is 0.242 e. The van der Waals surface area contributed by atoms with Crippen LogP contribution >= 0.6 is 0 Å². The minimum atomic E-state index is -0.124. The van der Waals surface area contributed by atoms with Crippen molar-refractivity contribution in [2.75, 3.05) is 39.8 Å². The van der Waals surface area contributed by atoms with Gasteiger partial charge in [-0.15, -0.1) is 0 Å². The fourth-order valence-electron chi connectivity index (χ4n) is 5.23. The molecule has 1 aromatic rings. The van der Waals surface area contributed by atoms with E-state index in [0.29, 0.717) is 6.42 Å². The Morgan fingerprint density at radius 1 is 1.00 bits per heavy atom. The molecule has 0 unspecified atom stereocenters. The van der Waals surface area contributed by atoms with E-state index in [4.69, 9.17) is 4.74 Å². The Kier molecular flexibility index (Phi) is 6.09. The molecule has 6 nitrogen and oxygen atoms in total. The molecule has 29 heavy (non-hydrogen) atoms. The number of methoxy groups -OCH3 is 1. The Balaban J connectivity index is 1.39. The first-order valence-corrected chi connectivity index (χ1v) is 11.0. The van der Waals surface area contributed by atoms with E-state index in [-0.39, 0.29) is 23.9 Å². The maximum atomic E-state index is 12.7. The lowest BCUT2D eigenvalue weighted by Gasteiger charge is -2.38. The Bertz CT molecular complexity index is 729. The summed E-state index contributed by atoms with van der Waals surface area (Å²) in [5.41, 5.74) is 1.16. The molecule has 1 spiro atoms. The van der Waals surface area contributed by atoms with Gasteiger partial charge in [-0.1, -0.05) is 12.1 Å². The number of hydrogen-bond donors (Lipinski definition) is 0. The highest BCUT2D eigenvalue weighted by Crippen LogP contribution is 2.39. The highest BCUT2D eigenvalue weighted by Gasteiger charge is 2.46. The van der Waals surface area contributed by atoms with Crippen molar-refractivity contribution >= 4 is 11.8 Å². The summed E-state index contributed by atoms with van der Waals surface area (Å²) in [7, 11) is 1.69. The van der Waals surface area contributed by atoms with Gasteiger partial charge in [0.2, 0.25) is 11.8 Å². The molecule has 0 aromatic heterocycles. The normalized spacial score (nSPS) is 25.6. The summed E-state index contributed by atoms with van der Waals surface area (Å²) in [4.78, 5) is 31.8. The molecule has 0 radical (unpaired) electrons. The number of benzene rings is 1. The van der Waals surface area contributed by atoms with Gasteiger partial charge in [0.15, 0.2) is 0 Å². The van der Waals surface area contributed by atoms with Gasteiger partial charge in [-0.25, -0.2) is 0 Å². The van der Waals surface area contributed by atoms with E-state index in [9.17, 15) is 9.59 Å². The van der Waals surface area contributed by atoms with Crippen LogP contribution in [-0.4, -0.2) is 71.9 Å². The zero-order chi connectivity index (χ0) is 20.3. The van der Waals surface area contributed by atoms with Crippen molar-refractivity contribution in [2.24, 2.45) is 0 Å². The van der Waals surface area contributed by atoms with E-state index in [0.717, 1.165) is 77.0 Å². The van der Waals surface area contributed by atoms with Crippen molar-refractivity contribution in [3.8, 4) is 5.75 Å². The number of nitrogens with zero attached hydrogens (tertiary/aromatic N) is 3. The van der Waals surface area contributed by atoms with Crippen LogP contribution in [0.5, 0.6) is 5.75 Å². The van der Waals surface area contributed by atoms with Crippen LogP contribution in [0.1, 0.15) is 50.5 Å². The molecule has 0 N–H and O–H groups in total. The number of hydrogen-bond acceptors (Lipinski definition) is 4. The van der Waals surface area contributed by atoms with Crippen LogP contribution in [0.15, 0.2) is 24.3 Å². The summed E-state index contributed by atoms with van der Waals surface area (Å²) in [6.07, 6.45) is 6.70. The molecule has 3 aliphatic heterocycles. The smallest absolute Gasteiger partial charge is 0.242 e. The monoisotopic (exact) mass is 399 g/mol. The molecular weight excluding hydrogens is 366 g/mol. The zero-order valence-corrected chi connectivity index (χ0v) is 17.6. The first kappa shape index (κ1) is 20.2. The molecule has 0 aliphatic carbocycles. The van der Waals surface area contributed by atoms with Crippen molar-refractivity contribution in [2.45, 2.75) is 57.0 Å². The van der Waals surface area contributed by atoms with Crippen LogP contribution in [0, 0.1) is 0 Å². The fourth-order valence-corrected chi connectivity index (χ4v) is 5.23. The molecule has 1 atom stereocenters. The number of rotatable bonds is 5. The summed E-state index contributed by atoms with van der Waals surface area (Å²) in [6.45, 7) is 4.90. The average molecular weight is 400 g/mol. The zero-order valence-electron chi connectivity index (χ0n) is 17.6. The van der Waals surface area contributed by atoms with Crippen molar-refractivity contribution in [3.05, 3.63) is 29.8 Å². The lowest BCUT2D eigenvalue weighted by Crippen LogP contribution is -2.51. The van der Waals surface area contributed by atoms with Gasteiger partial charge in [0.1, 0.15) is 12.3 Å². The number of ether oxygens (including phenoxy) is 1. The van der Waals surface area contributed by atoms with Crippen LogP contribution in [-0.2, 0) is 16.1 Å². The summed E-state index contributed by atoms with van der Waals surface area (Å²) >= 11 is 0. The number of likely N-dealkylation sites (tertiary alicyclic amines) is 3. The highest BCUT2D eigenvalue weighted by molar-refractivity contribution is 5.87. The molecule has 3 heterocycles. The van der Waals surface area contributed by atoms with Gasteiger partial charge in [-0.3, -0.25) is 14.5 Å². The molecule has 158 valence electrons. The second-order valence-electron chi connectivity index (χ2n) is 8.77. The van der Waals surface area contributed by atoms with E-state index in [1.165, 1.54) is 5.56 Å². The molecule has 0 saturated carbocycles. The van der Waals surface area contributed by atoms with Gasteiger partial charge >= 0.3 is 0 Å². The second-order valence-corrected chi connectivity index (χ2v) is 8.77. The Hall–Kier alpha value is -2.08. The summed E-state index contributed by atoms with van der Waals surface area (Å²) in [5.74, 6) is 1.18. The molecule has 3 saturated heterocycles. The topological polar surface area (TPSA) is 53.1 Å². The van der Waals surface area contributed by atoms with E-state index in [1.54, 1.807) is 7.11 Å². The SMILES string of the molecule is COc1ccc(CN2CCC[C@]3(CCC(=O)N3CC(=O)N3CCCC3)CC2)cc1. The van der Waals surface area contributed by atoms with Gasteiger partial charge in [-0.2, -0.15) is 0 Å². The average Bonchev–Trinajstić information content (AvgIpc) is 3.32. The largest absolute Gasteiger partial charge is 0.497 e. The summed E-state index contributed by atoms with van der Waals surface area (Å²) in [5, 5.41) is 0. The van der Waals surface area contributed by atoms with Crippen molar-refractivity contribution in [1.82, 2.24) is 14.7 Å². The molecule has 6 heteroatoms. The van der Waals surface area contributed by atoms with Crippen molar-refractivity contribution in [1.29, 1.82) is 0 Å². The van der Waals surface area contributed by atoms with E-state index in [2.05, 4.69) is 17.0 Å². The van der Waals surface area contributed by atoms with E-state index in [1.807, 2.05) is 21.9 Å². The summed E-state index contributed by atoms with van der Waals surface area (Å²) < 4.78 is 5.25. The standard InChI is InChI=1S/C23H33N3O3/c1-29-20-7-5-19(6-8-20)17-24-13-4-10-23(12-16-24)11-9-21(27)26(23)18-22(28)25-14-2-3-15-25/h5-8H,2-4,9-18H2,1H3/t23-/m0/s1. The predicted octanol–water partition coefficient (Wildman–Crippen LogP) is 2.66. The maximum absolute atomic E-state index is 12.7. The minimum Gasteiger partial charge on any atom is -0.497 e. The molecule has 4 rings (SSSR count). The van der Waals surface area contributed by atoms with Crippen molar-refractivity contribution in [3.63, 3.8) is 0 Å². The van der Waals surface area contributed by atoms with Gasteiger partial charge in [0.25, 0.3) is 0 Å². The minimum absolute atomic E-state index is 0.124. The van der Waals surface area contributed by atoms with Gasteiger partial charge < -0.3 is 14.5 Å². The number of carbonyl (C=O) groups excluding carboxylic acids is 2. The second kappa shape index (κ2) is 8.74. The third-order valence-electron chi connectivity index (χ3n) is 7.01. The third-order valence-corrected chi connectivity index (χ3v) is 7.01. The lowest BCUT2D eigenvalue weighted by molar-refractivity contribution is -0.141. The molecule has 0 bridgehead atoms. The summed E-state index contributed by atoms with van der Waals surface area (Å²) in [6, 6.07) is 8.27. The Morgan fingerprint density at radius 3 is 2.48 bits per heavy atom. The van der Waals surface area contributed by atoms with Crippen LogP contribution < -0.4 is 4.74 Å². The van der Waals surface area contributed by atoms with Crippen LogP contribution in [0.3, 0.4) is 0 Å². The fraction of sp³-hybridized carbons (Fsp3) is 0.652. The molecule has 1 aromatic carbocycles. The van der Waals surface area contributed by atoms with Gasteiger partial charge in [0, 0.05) is 38.1 Å². The van der Waals surface area contributed by atoms with Crippen LogP contribution in [0.25, 0.3) is 0 Å². The quantitative estimate of drug-likeness (QED) is 0.764. The Labute approximate surface area is 173 Å². The van der Waals surface area contributed by atoms with Crippen LogP contribution in [0.4, 0.5) is 0 Å². The van der Waals surface area contributed by atoms with Gasteiger partial charge in [0.05, 0.1) is 7.11 Å².